The zero-order valence-corrected chi connectivity index (χ0v) is 13.5. The summed E-state index contributed by atoms with van der Waals surface area (Å²) < 4.78 is 1.67. The van der Waals surface area contributed by atoms with Crippen molar-refractivity contribution in [2.75, 3.05) is 0 Å². The van der Waals surface area contributed by atoms with Gasteiger partial charge in [-0.1, -0.05) is 45.0 Å². The highest BCUT2D eigenvalue weighted by Gasteiger charge is 2.18. The molecule has 1 unspecified atom stereocenters. The molecule has 1 aromatic carbocycles. The first-order chi connectivity index (χ1) is 10.6. The van der Waals surface area contributed by atoms with Gasteiger partial charge in [0.2, 0.25) is 5.91 Å². The molecule has 22 heavy (non-hydrogen) atoms. The van der Waals surface area contributed by atoms with Gasteiger partial charge in [0.25, 0.3) is 0 Å². The molecule has 5 heteroatoms. The molecule has 0 aliphatic heterocycles. The van der Waals surface area contributed by atoms with Crippen LogP contribution in [-0.4, -0.2) is 20.7 Å². The highest BCUT2D eigenvalue weighted by Crippen LogP contribution is 2.22. The fourth-order valence-electron chi connectivity index (χ4n) is 2.41. The summed E-state index contributed by atoms with van der Waals surface area (Å²) >= 11 is 0. The molecule has 0 radical (unpaired) electrons. The maximum absolute atomic E-state index is 12.2. The van der Waals surface area contributed by atoms with Crippen LogP contribution in [0.1, 0.15) is 44.4 Å². The van der Waals surface area contributed by atoms with Crippen LogP contribution in [0.25, 0.3) is 0 Å². The Bertz CT molecular complexity index is 575. The predicted octanol–water partition coefficient (Wildman–Crippen LogP) is 2.74. The van der Waals surface area contributed by atoms with E-state index in [2.05, 4.69) is 60.4 Å². The molecule has 2 aromatic rings. The molecular weight excluding hydrogens is 276 g/mol. The second kappa shape index (κ2) is 7.73. The van der Waals surface area contributed by atoms with E-state index in [-0.39, 0.29) is 11.9 Å². The molecule has 1 amide bonds. The lowest BCUT2D eigenvalue weighted by Gasteiger charge is -2.23. The highest BCUT2D eigenvalue weighted by atomic mass is 16.1. The molecule has 5 nitrogen and oxygen atoms in total. The van der Waals surface area contributed by atoms with Crippen molar-refractivity contribution in [2.45, 2.75) is 46.2 Å². The van der Waals surface area contributed by atoms with Gasteiger partial charge in [0.15, 0.2) is 0 Å². The summed E-state index contributed by atoms with van der Waals surface area (Å²) in [7, 11) is 0. The van der Waals surface area contributed by atoms with Crippen LogP contribution < -0.4 is 5.32 Å². The van der Waals surface area contributed by atoms with Gasteiger partial charge in [0.05, 0.1) is 12.6 Å². The number of rotatable bonds is 7. The lowest BCUT2D eigenvalue weighted by molar-refractivity contribution is -0.122. The Kier molecular flexibility index (Phi) is 5.69. The summed E-state index contributed by atoms with van der Waals surface area (Å²) in [4.78, 5) is 16.1. The number of hydrogen-bond donors (Lipinski definition) is 1. The maximum atomic E-state index is 12.2. The van der Waals surface area contributed by atoms with E-state index in [9.17, 15) is 4.79 Å². The normalized spacial score (nSPS) is 12.4. The quantitative estimate of drug-likeness (QED) is 0.855. The van der Waals surface area contributed by atoms with E-state index in [0.29, 0.717) is 18.9 Å². The van der Waals surface area contributed by atoms with Crippen molar-refractivity contribution in [1.29, 1.82) is 0 Å². The van der Waals surface area contributed by atoms with Crippen LogP contribution in [0.5, 0.6) is 0 Å². The summed E-state index contributed by atoms with van der Waals surface area (Å²) in [5.41, 5.74) is 2.46. The number of benzene rings is 1. The molecule has 0 fully saturated rings. The number of aryl methyl sites for hydroxylation is 2. The van der Waals surface area contributed by atoms with E-state index in [1.807, 2.05) is 0 Å². The molecule has 118 valence electrons. The Morgan fingerprint density at radius 1 is 1.27 bits per heavy atom. The minimum absolute atomic E-state index is 0.0359. The Morgan fingerprint density at radius 3 is 2.55 bits per heavy atom. The van der Waals surface area contributed by atoms with Crippen molar-refractivity contribution in [3.05, 3.63) is 48.0 Å². The van der Waals surface area contributed by atoms with Gasteiger partial charge in [-0.05, 0) is 23.5 Å². The molecular formula is C17H24N4O. The lowest BCUT2D eigenvalue weighted by atomic mass is 9.94. The van der Waals surface area contributed by atoms with Gasteiger partial charge in [-0.3, -0.25) is 9.48 Å². The van der Waals surface area contributed by atoms with Crippen LogP contribution in [0.4, 0.5) is 0 Å². The molecule has 1 N–H and O–H groups in total. The second-order valence-electron chi connectivity index (χ2n) is 5.79. The number of carbonyl (C=O) groups excluding carboxylic acids is 1. The van der Waals surface area contributed by atoms with Crippen LogP contribution in [0.15, 0.2) is 36.9 Å². The van der Waals surface area contributed by atoms with Crippen molar-refractivity contribution >= 4 is 5.91 Å². The summed E-state index contributed by atoms with van der Waals surface area (Å²) in [5.74, 6) is 0.372. The van der Waals surface area contributed by atoms with Gasteiger partial charge in [0, 0.05) is 6.42 Å². The SMILES string of the molecule is CCc1ccc(C(NC(=O)CCn2cncn2)C(C)C)cc1. The standard InChI is InChI=1S/C17H24N4O/c1-4-14-5-7-15(8-6-14)17(13(2)3)20-16(22)9-10-21-12-18-11-19-21/h5-8,11-13,17H,4,9-10H2,1-3H3,(H,20,22). The molecule has 0 saturated carbocycles. The van der Waals surface area contributed by atoms with Gasteiger partial charge in [-0.25, -0.2) is 4.98 Å². The summed E-state index contributed by atoms with van der Waals surface area (Å²) in [5, 5.41) is 7.14. The Balaban J connectivity index is 1.96. The number of nitrogens with one attached hydrogen (secondary N) is 1. The second-order valence-corrected chi connectivity index (χ2v) is 5.79. The predicted molar refractivity (Wildman–Crippen MR) is 86.2 cm³/mol. The van der Waals surface area contributed by atoms with Gasteiger partial charge in [-0.15, -0.1) is 0 Å². The van der Waals surface area contributed by atoms with Crippen LogP contribution in [0.2, 0.25) is 0 Å². The van der Waals surface area contributed by atoms with E-state index in [1.54, 1.807) is 11.0 Å². The summed E-state index contributed by atoms with van der Waals surface area (Å²) in [6, 6.07) is 8.52. The van der Waals surface area contributed by atoms with E-state index >= 15 is 0 Å². The van der Waals surface area contributed by atoms with Crippen molar-refractivity contribution in [2.24, 2.45) is 5.92 Å². The van der Waals surface area contributed by atoms with E-state index < -0.39 is 0 Å². The van der Waals surface area contributed by atoms with Crippen LogP contribution in [0.3, 0.4) is 0 Å². The summed E-state index contributed by atoms with van der Waals surface area (Å²) in [6.45, 7) is 6.93. The fraction of sp³-hybridized carbons (Fsp3) is 0.471. The first-order valence-electron chi connectivity index (χ1n) is 7.80. The van der Waals surface area contributed by atoms with Crippen LogP contribution in [0, 0.1) is 5.92 Å². The third kappa shape index (κ3) is 4.41. The molecule has 0 bridgehead atoms. The van der Waals surface area contributed by atoms with E-state index in [1.165, 1.54) is 11.9 Å². The third-order valence-electron chi connectivity index (χ3n) is 3.76. The largest absolute Gasteiger partial charge is 0.349 e. The lowest BCUT2D eigenvalue weighted by Crippen LogP contribution is -2.32. The smallest absolute Gasteiger partial charge is 0.222 e. The number of nitrogens with zero attached hydrogens (tertiary/aromatic N) is 3. The zero-order valence-electron chi connectivity index (χ0n) is 13.5. The molecule has 0 spiro atoms. The van der Waals surface area contributed by atoms with Crippen LogP contribution >= 0.6 is 0 Å². The van der Waals surface area contributed by atoms with Gasteiger partial charge < -0.3 is 5.32 Å². The monoisotopic (exact) mass is 300 g/mol. The highest BCUT2D eigenvalue weighted by molar-refractivity contribution is 5.76. The molecule has 0 aliphatic carbocycles. The molecule has 0 aliphatic rings. The molecule has 1 heterocycles. The van der Waals surface area contributed by atoms with Crippen molar-refractivity contribution in [3.63, 3.8) is 0 Å². The van der Waals surface area contributed by atoms with E-state index in [0.717, 1.165) is 12.0 Å². The molecule has 1 aromatic heterocycles. The Hall–Kier alpha value is -2.17. The minimum atomic E-state index is 0.0359. The number of amides is 1. The average Bonchev–Trinajstić information content (AvgIpc) is 3.04. The maximum Gasteiger partial charge on any atom is 0.222 e. The van der Waals surface area contributed by atoms with Crippen molar-refractivity contribution in [3.8, 4) is 0 Å². The van der Waals surface area contributed by atoms with Crippen molar-refractivity contribution in [1.82, 2.24) is 20.1 Å². The first-order valence-corrected chi connectivity index (χ1v) is 7.80. The molecule has 1 atom stereocenters. The van der Waals surface area contributed by atoms with Gasteiger partial charge in [0.1, 0.15) is 12.7 Å². The Labute approximate surface area is 131 Å². The number of hydrogen-bond acceptors (Lipinski definition) is 3. The Morgan fingerprint density at radius 2 is 2.00 bits per heavy atom. The topological polar surface area (TPSA) is 59.8 Å². The minimum Gasteiger partial charge on any atom is -0.349 e. The summed E-state index contributed by atoms with van der Waals surface area (Å²) in [6.07, 6.45) is 4.53. The zero-order chi connectivity index (χ0) is 15.9. The number of aromatic nitrogens is 3. The number of carbonyl (C=O) groups is 1. The third-order valence-corrected chi connectivity index (χ3v) is 3.76. The first kappa shape index (κ1) is 16.2. The fourth-order valence-corrected chi connectivity index (χ4v) is 2.41. The van der Waals surface area contributed by atoms with Crippen molar-refractivity contribution < 1.29 is 4.79 Å². The van der Waals surface area contributed by atoms with Gasteiger partial charge in [-0.2, -0.15) is 5.10 Å². The van der Waals surface area contributed by atoms with E-state index in [4.69, 9.17) is 0 Å². The van der Waals surface area contributed by atoms with Crippen LogP contribution in [-0.2, 0) is 17.8 Å². The molecule has 0 saturated heterocycles. The molecule has 2 rings (SSSR count). The van der Waals surface area contributed by atoms with Gasteiger partial charge >= 0.3 is 0 Å². The average molecular weight is 300 g/mol.